The molecule has 0 saturated carbocycles. The lowest BCUT2D eigenvalue weighted by Crippen LogP contribution is -2.33. The van der Waals surface area contributed by atoms with Gasteiger partial charge in [-0.15, -0.1) is 5.10 Å². The van der Waals surface area contributed by atoms with Crippen LogP contribution in [-0.4, -0.2) is 43.1 Å². The van der Waals surface area contributed by atoms with Crippen LogP contribution in [0.5, 0.6) is 0 Å². The number of amides is 1. The Bertz CT molecular complexity index is 716. The SMILES string of the molecule is Cc1csc(=O)n1CC(=O)NCCn1cc(C(=O)O)nn1. The quantitative estimate of drug-likeness (QED) is 0.730. The number of carbonyl (C=O) groups is 2. The summed E-state index contributed by atoms with van der Waals surface area (Å²) in [5, 5.41) is 20.1. The van der Waals surface area contributed by atoms with Crippen LogP contribution in [0.1, 0.15) is 16.2 Å². The zero-order valence-electron chi connectivity index (χ0n) is 11.1. The van der Waals surface area contributed by atoms with E-state index < -0.39 is 5.97 Å². The molecule has 2 aromatic rings. The highest BCUT2D eigenvalue weighted by molar-refractivity contribution is 7.07. The molecule has 2 N–H and O–H groups in total. The molecule has 2 rings (SSSR count). The summed E-state index contributed by atoms with van der Waals surface area (Å²) in [6.45, 7) is 2.28. The van der Waals surface area contributed by atoms with E-state index in [1.807, 2.05) is 0 Å². The lowest BCUT2D eigenvalue weighted by atomic mass is 10.4. The molecule has 0 spiro atoms. The van der Waals surface area contributed by atoms with E-state index in [0.717, 1.165) is 17.0 Å². The van der Waals surface area contributed by atoms with Gasteiger partial charge in [-0.05, 0) is 6.92 Å². The van der Waals surface area contributed by atoms with Crippen LogP contribution < -0.4 is 10.2 Å². The Kier molecular flexibility index (Phi) is 4.48. The van der Waals surface area contributed by atoms with Crippen LogP contribution in [0.2, 0.25) is 0 Å². The average Bonchev–Trinajstić information content (AvgIpc) is 3.01. The topological polar surface area (TPSA) is 119 Å². The molecular weight excluding hydrogens is 298 g/mol. The molecule has 0 atom stereocenters. The number of nitrogens with zero attached hydrogens (tertiary/aromatic N) is 4. The van der Waals surface area contributed by atoms with E-state index in [1.165, 1.54) is 15.4 Å². The molecule has 9 nitrogen and oxygen atoms in total. The molecule has 0 saturated heterocycles. The Morgan fingerprint density at radius 1 is 1.48 bits per heavy atom. The average molecular weight is 311 g/mol. The van der Waals surface area contributed by atoms with E-state index in [9.17, 15) is 14.4 Å². The first kappa shape index (κ1) is 14.9. The standard InChI is InChI=1S/C11H13N5O4S/c1-7-6-21-11(20)16(7)5-9(17)12-2-3-15-4-8(10(18)19)13-14-15/h4,6H,2-3,5H2,1H3,(H,12,17)(H,18,19). The number of thiazole rings is 1. The molecular formula is C11H13N5O4S. The van der Waals surface area contributed by atoms with Gasteiger partial charge < -0.3 is 10.4 Å². The van der Waals surface area contributed by atoms with Crippen LogP contribution in [0.4, 0.5) is 0 Å². The van der Waals surface area contributed by atoms with Gasteiger partial charge in [0.05, 0.1) is 12.7 Å². The van der Waals surface area contributed by atoms with Crippen LogP contribution >= 0.6 is 11.3 Å². The van der Waals surface area contributed by atoms with Crippen molar-refractivity contribution in [3.8, 4) is 0 Å². The molecule has 21 heavy (non-hydrogen) atoms. The fraction of sp³-hybridized carbons (Fsp3) is 0.364. The van der Waals surface area contributed by atoms with Crippen molar-refractivity contribution in [1.29, 1.82) is 0 Å². The van der Waals surface area contributed by atoms with Gasteiger partial charge in [-0.25, -0.2) is 9.48 Å². The second-order valence-electron chi connectivity index (χ2n) is 4.25. The minimum atomic E-state index is -1.16. The van der Waals surface area contributed by atoms with Crippen molar-refractivity contribution in [3.05, 3.63) is 32.6 Å². The number of carboxylic acids is 1. The normalized spacial score (nSPS) is 10.5. The summed E-state index contributed by atoms with van der Waals surface area (Å²) in [7, 11) is 0. The van der Waals surface area contributed by atoms with Crippen molar-refractivity contribution in [1.82, 2.24) is 24.9 Å². The van der Waals surface area contributed by atoms with Crippen LogP contribution in [0.25, 0.3) is 0 Å². The monoisotopic (exact) mass is 311 g/mol. The highest BCUT2D eigenvalue weighted by Gasteiger charge is 2.09. The van der Waals surface area contributed by atoms with Gasteiger partial charge in [0.25, 0.3) is 0 Å². The minimum absolute atomic E-state index is 0.0358. The van der Waals surface area contributed by atoms with Crippen molar-refractivity contribution in [2.24, 2.45) is 0 Å². The molecule has 0 aliphatic heterocycles. The summed E-state index contributed by atoms with van der Waals surface area (Å²) in [6, 6.07) is 0. The molecule has 0 fully saturated rings. The molecule has 1 amide bonds. The fourth-order valence-electron chi connectivity index (χ4n) is 1.61. The Hall–Kier alpha value is -2.49. The van der Waals surface area contributed by atoms with E-state index in [4.69, 9.17) is 5.11 Å². The summed E-state index contributed by atoms with van der Waals surface area (Å²) < 4.78 is 2.71. The molecule has 112 valence electrons. The van der Waals surface area contributed by atoms with Crippen LogP contribution in [-0.2, 0) is 17.9 Å². The number of nitrogens with one attached hydrogen (secondary N) is 1. The Morgan fingerprint density at radius 3 is 2.81 bits per heavy atom. The molecule has 0 aliphatic carbocycles. The lowest BCUT2D eigenvalue weighted by Gasteiger charge is -2.06. The third kappa shape index (κ3) is 3.75. The molecule has 2 heterocycles. The summed E-state index contributed by atoms with van der Waals surface area (Å²) in [5.41, 5.74) is 0.587. The molecule has 0 bridgehead atoms. The van der Waals surface area contributed by atoms with Gasteiger partial charge in [-0.3, -0.25) is 14.2 Å². The summed E-state index contributed by atoms with van der Waals surface area (Å²) >= 11 is 1.05. The maximum Gasteiger partial charge on any atom is 0.358 e. The highest BCUT2D eigenvalue weighted by Crippen LogP contribution is 1.98. The molecule has 0 unspecified atom stereocenters. The minimum Gasteiger partial charge on any atom is -0.476 e. The highest BCUT2D eigenvalue weighted by atomic mass is 32.1. The Morgan fingerprint density at radius 2 is 2.24 bits per heavy atom. The van der Waals surface area contributed by atoms with Crippen molar-refractivity contribution in [2.75, 3.05) is 6.54 Å². The molecule has 10 heteroatoms. The Labute approximate surface area is 122 Å². The summed E-state index contributed by atoms with van der Waals surface area (Å²) in [4.78, 5) is 33.6. The summed E-state index contributed by atoms with van der Waals surface area (Å²) in [5.74, 6) is -1.45. The van der Waals surface area contributed by atoms with Gasteiger partial charge >= 0.3 is 10.8 Å². The number of hydrogen-bond donors (Lipinski definition) is 2. The van der Waals surface area contributed by atoms with Gasteiger partial charge in [0.15, 0.2) is 5.69 Å². The maximum atomic E-state index is 11.7. The molecule has 0 aliphatic rings. The van der Waals surface area contributed by atoms with Crippen molar-refractivity contribution in [3.63, 3.8) is 0 Å². The number of hydrogen-bond acceptors (Lipinski definition) is 6. The molecule has 2 aromatic heterocycles. The second-order valence-corrected chi connectivity index (χ2v) is 5.07. The number of carboxylic acid groups (broad SMARTS) is 1. The zero-order chi connectivity index (χ0) is 15.4. The third-order valence-electron chi connectivity index (χ3n) is 2.70. The van der Waals surface area contributed by atoms with Gasteiger partial charge in [-0.2, -0.15) is 0 Å². The molecule has 0 radical (unpaired) electrons. The van der Waals surface area contributed by atoms with Crippen molar-refractivity contribution in [2.45, 2.75) is 20.0 Å². The maximum absolute atomic E-state index is 11.7. The first-order valence-corrected chi connectivity index (χ1v) is 6.90. The van der Waals surface area contributed by atoms with E-state index in [1.54, 1.807) is 12.3 Å². The van der Waals surface area contributed by atoms with Crippen molar-refractivity contribution < 1.29 is 14.7 Å². The van der Waals surface area contributed by atoms with E-state index in [2.05, 4.69) is 15.6 Å². The first-order valence-electron chi connectivity index (χ1n) is 6.02. The van der Waals surface area contributed by atoms with Gasteiger partial charge in [0.2, 0.25) is 5.91 Å². The first-order chi connectivity index (χ1) is 9.97. The number of aromatic nitrogens is 4. The lowest BCUT2D eigenvalue weighted by molar-refractivity contribution is -0.121. The Balaban J connectivity index is 1.81. The predicted octanol–water partition coefficient (Wildman–Crippen LogP) is -0.676. The number of carbonyl (C=O) groups excluding carboxylic acids is 1. The predicted molar refractivity (Wildman–Crippen MR) is 73.3 cm³/mol. The van der Waals surface area contributed by atoms with Gasteiger partial charge in [0, 0.05) is 17.6 Å². The third-order valence-corrected chi connectivity index (χ3v) is 3.58. The molecule has 0 aromatic carbocycles. The summed E-state index contributed by atoms with van der Waals surface area (Å²) in [6.07, 6.45) is 1.28. The van der Waals surface area contributed by atoms with Crippen LogP contribution in [0, 0.1) is 6.92 Å². The van der Waals surface area contributed by atoms with Crippen LogP contribution in [0.3, 0.4) is 0 Å². The van der Waals surface area contributed by atoms with E-state index in [-0.39, 0.29) is 29.6 Å². The van der Waals surface area contributed by atoms with Gasteiger partial charge in [-0.1, -0.05) is 16.6 Å². The van der Waals surface area contributed by atoms with Gasteiger partial charge in [0.1, 0.15) is 6.54 Å². The zero-order valence-corrected chi connectivity index (χ0v) is 12.0. The van der Waals surface area contributed by atoms with E-state index in [0.29, 0.717) is 6.54 Å². The van der Waals surface area contributed by atoms with E-state index >= 15 is 0 Å². The number of aromatic carboxylic acids is 1. The number of rotatable bonds is 6. The van der Waals surface area contributed by atoms with Crippen molar-refractivity contribution >= 4 is 23.2 Å². The largest absolute Gasteiger partial charge is 0.476 e. The fourth-order valence-corrected chi connectivity index (χ4v) is 2.35. The smallest absolute Gasteiger partial charge is 0.358 e. The second kappa shape index (κ2) is 6.31. The number of aryl methyl sites for hydroxylation is 1. The van der Waals surface area contributed by atoms with Crippen LogP contribution in [0.15, 0.2) is 16.4 Å².